The van der Waals surface area contributed by atoms with Crippen molar-refractivity contribution in [2.45, 2.75) is 36.7 Å². The van der Waals surface area contributed by atoms with E-state index in [1.54, 1.807) is 7.11 Å². The number of rotatable bonds is 6. The molecule has 1 fully saturated rings. The zero-order valence-electron chi connectivity index (χ0n) is 15.6. The van der Waals surface area contributed by atoms with Gasteiger partial charge in [-0.3, -0.25) is 4.79 Å². The molecule has 1 saturated heterocycles. The fourth-order valence-corrected chi connectivity index (χ4v) is 5.03. The van der Waals surface area contributed by atoms with Crippen molar-refractivity contribution in [3.8, 4) is 5.75 Å². The third-order valence-corrected chi connectivity index (χ3v) is 6.98. The lowest BCUT2D eigenvalue weighted by atomic mass is 10.0. The molecule has 1 heterocycles. The first-order valence-electron chi connectivity index (χ1n) is 9.10. The van der Waals surface area contributed by atoms with Gasteiger partial charge in [0.15, 0.2) is 0 Å². The molecule has 150 valence electrons. The van der Waals surface area contributed by atoms with Crippen molar-refractivity contribution in [2.75, 3.05) is 13.7 Å². The summed E-state index contributed by atoms with van der Waals surface area (Å²) >= 11 is 5.86. The Bertz CT molecular complexity index is 914. The van der Waals surface area contributed by atoms with Gasteiger partial charge in [0.25, 0.3) is 0 Å². The number of halogens is 1. The molecule has 0 bridgehead atoms. The predicted octanol–water partition coefficient (Wildman–Crippen LogP) is 3.21. The standard InChI is InChI=1S/C20H23ClN2O4S/c1-27-17-9-5-15(6-10-17)14-22-20(24)19-4-2-3-13-23(19)28(25,26)18-11-7-16(21)8-12-18/h5-12,19H,2-4,13-14H2,1H3,(H,22,24). The number of hydrogen-bond donors (Lipinski definition) is 1. The minimum atomic E-state index is -3.77. The monoisotopic (exact) mass is 422 g/mol. The molecule has 8 heteroatoms. The van der Waals surface area contributed by atoms with Gasteiger partial charge < -0.3 is 10.1 Å². The molecular formula is C20H23ClN2O4S. The van der Waals surface area contributed by atoms with Gasteiger partial charge >= 0.3 is 0 Å². The number of methoxy groups -OCH3 is 1. The Morgan fingerprint density at radius 1 is 1.14 bits per heavy atom. The third kappa shape index (κ3) is 4.66. The van der Waals surface area contributed by atoms with Crippen LogP contribution in [0.1, 0.15) is 24.8 Å². The quantitative estimate of drug-likeness (QED) is 0.775. The number of hydrogen-bond acceptors (Lipinski definition) is 4. The molecule has 1 aliphatic heterocycles. The van der Waals surface area contributed by atoms with Gasteiger partial charge in [-0.2, -0.15) is 4.31 Å². The zero-order chi connectivity index (χ0) is 20.1. The molecule has 6 nitrogen and oxygen atoms in total. The van der Waals surface area contributed by atoms with Gasteiger partial charge in [0.05, 0.1) is 12.0 Å². The van der Waals surface area contributed by atoms with E-state index in [0.717, 1.165) is 24.2 Å². The van der Waals surface area contributed by atoms with Crippen LogP contribution in [0.3, 0.4) is 0 Å². The van der Waals surface area contributed by atoms with Gasteiger partial charge in [0, 0.05) is 18.1 Å². The number of benzene rings is 2. The van der Waals surface area contributed by atoms with Crippen LogP contribution in [-0.4, -0.2) is 38.3 Å². The van der Waals surface area contributed by atoms with Crippen LogP contribution < -0.4 is 10.1 Å². The highest BCUT2D eigenvalue weighted by atomic mass is 35.5. The van der Waals surface area contributed by atoms with E-state index in [2.05, 4.69) is 5.32 Å². The summed E-state index contributed by atoms with van der Waals surface area (Å²) < 4.78 is 32.5. The summed E-state index contributed by atoms with van der Waals surface area (Å²) in [4.78, 5) is 12.9. The molecule has 1 aliphatic rings. The Labute approximate surface area is 170 Å². The summed E-state index contributed by atoms with van der Waals surface area (Å²) in [6.45, 7) is 0.653. The second-order valence-electron chi connectivity index (χ2n) is 6.65. The molecular weight excluding hydrogens is 400 g/mol. The van der Waals surface area contributed by atoms with Crippen molar-refractivity contribution in [3.05, 3.63) is 59.1 Å². The van der Waals surface area contributed by atoms with Gasteiger partial charge in [-0.15, -0.1) is 0 Å². The van der Waals surface area contributed by atoms with Crippen molar-refractivity contribution in [1.82, 2.24) is 9.62 Å². The van der Waals surface area contributed by atoms with Crippen molar-refractivity contribution in [1.29, 1.82) is 0 Å². The first kappa shape index (κ1) is 20.6. The normalized spacial score (nSPS) is 17.9. The van der Waals surface area contributed by atoms with E-state index in [4.69, 9.17) is 16.3 Å². The average molecular weight is 423 g/mol. The molecule has 28 heavy (non-hydrogen) atoms. The van der Waals surface area contributed by atoms with E-state index < -0.39 is 16.1 Å². The maximum Gasteiger partial charge on any atom is 0.243 e. The Balaban J connectivity index is 1.72. The van der Waals surface area contributed by atoms with E-state index in [1.807, 2.05) is 24.3 Å². The summed E-state index contributed by atoms with van der Waals surface area (Å²) in [6, 6.07) is 12.7. The van der Waals surface area contributed by atoms with E-state index in [0.29, 0.717) is 24.5 Å². The van der Waals surface area contributed by atoms with Gasteiger partial charge in [-0.25, -0.2) is 8.42 Å². The average Bonchev–Trinajstić information content (AvgIpc) is 2.72. The third-order valence-electron chi connectivity index (χ3n) is 4.80. The highest BCUT2D eigenvalue weighted by molar-refractivity contribution is 7.89. The number of piperidine rings is 1. The van der Waals surface area contributed by atoms with Crippen LogP contribution in [0.4, 0.5) is 0 Å². The second-order valence-corrected chi connectivity index (χ2v) is 8.97. The van der Waals surface area contributed by atoms with Crippen LogP contribution in [0, 0.1) is 0 Å². The lowest BCUT2D eigenvalue weighted by Gasteiger charge is -2.33. The van der Waals surface area contributed by atoms with Crippen LogP contribution in [0.5, 0.6) is 5.75 Å². The van der Waals surface area contributed by atoms with E-state index in [1.165, 1.54) is 28.6 Å². The first-order valence-corrected chi connectivity index (χ1v) is 10.9. The molecule has 0 spiro atoms. The molecule has 3 rings (SSSR count). The van der Waals surface area contributed by atoms with Crippen molar-refractivity contribution in [3.63, 3.8) is 0 Å². The van der Waals surface area contributed by atoms with Crippen molar-refractivity contribution in [2.24, 2.45) is 0 Å². The van der Waals surface area contributed by atoms with Crippen molar-refractivity contribution >= 4 is 27.5 Å². The van der Waals surface area contributed by atoms with Crippen LogP contribution in [0.25, 0.3) is 0 Å². The number of sulfonamides is 1. The van der Waals surface area contributed by atoms with E-state index in [-0.39, 0.29) is 10.8 Å². The number of carbonyl (C=O) groups excluding carboxylic acids is 1. The molecule has 1 atom stereocenters. The zero-order valence-corrected chi connectivity index (χ0v) is 17.2. The van der Waals surface area contributed by atoms with Crippen LogP contribution >= 0.6 is 11.6 Å². The Morgan fingerprint density at radius 2 is 1.82 bits per heavy atom. The first-order chi connectivity index (χ1) is 13.4. The Hall–Kier alpha value is -2.09. The highest BCUT2D eigenvalue weighted by Crippen LogP contribution is 2.26. The lowest BCUT2D eigenvalue weighted by Crippen LogP contribution is -2.51. The summed E-state index contributed by atoms with van der Waals surface area (Å²) in [6.07, 6.45) is 2.05. The second kappa shape index (κ2) is 8.94. The lowest BCUT2D eigenvalue weighted by molar-refractivity contribution is -0.125. The largest absolute Gasteiger partial charge is 0.497 e. The van der Waals surface area contributed by atoms with Crippen LogP contribution in [0.2, 0.25) is 5.02 Å². The molecule has 2 aromatic carbocycles. The molecule has 1 amide bonds. The Kier molecular flexibility index (Phi) is 6.59. The van der Waals surface area contributed by atoms with Crippen LogP contribution in [0.15, 0.2) is 53.4 Å². The van der Waals surface area contributed by atoms with Crippen molar-refractivity contribution < 1.29 is 17.9 Å². The minimum Gasteiger partial charge on any atom is -0.497 e. The predicted molar refractivity (Wildman–Crippen MR) is 108 cm³/mol. The maximum absolute atomic E-state index is 13.0. The Morgan fingerprint density at radius 3 is 2.46 bits per heavy atom. The summed E-state index contributed by atoms with van der Waals surface area (Å²) in [5.41, 5.74) is 0.914. The highest BCUT2D eigenvalue weighted by Gasteiger charge is 2.37. The molecule has 0 radical (unpaired) electrons. The summed E-state index contributed by atoms with van der Waals surface area (Å²) in [7, 11) is -2.17. The van der Waals surface area contributed by atoms with Crippen LogP contribution in [-0.2, 0) is 21.4 Å². The summed E-state index contributed by atoms with van der Waals surface area (Å²) in [5, 5.41) is 3.33. The van der Waals surface area contributed by atoms with E-state index >= 15 is 0 Å². The minimum absolute atomic E-state index is 0.145. The molecule has 2 aromatic rings. The number of amides is 1. The van der Waals surface area contributed by atoms with Gasteiger partial charge in [0.1, 0.15) is 11.8 Å². The fourth-order valence-electron chi connectivity index (χ4n) is 3.25. The number of ether oxygens (including phenoxy) is 1. The molecule has 0 aliphatic carbocycles. The van der Waals surface area contributed by atoms with Gasteiger partial charge in [-0.1, -0.05) is 30.2 Å². The van der Waals surface area contributed by atoms with Gasteiger partial charge in [-0.05, 0) is 54.8 Å². The molecule has 0 aromatic heterocycles. The number of nitrogens with zero attached hydrogens (tertiary/aromatic N) is 1. The van der Waals surface area contributed by atoms with Gasteiger partial charge in [0.2, 0.25) is 15.9 Å². The molecule has 1 unspecified atom stereocenters. The number of carbonyl (C=O) groups is 1. The number of nitrogens with one attached hydrogen (secondary N) is 1. The topological polar surface area (TPSA) is 75.7 Å². The van der Waals surface area contributed by atoms with E-state index in [9.17, 15) is 13.2 Å². The SMILES string of the molecule is COc1ccc(CNC(=O)C2CCCCN2S(=O)(=O)c2ccc(Cl)cc2)cc1. The smallest absolute Gasteiger partial charge is 0.243 e. The molecule has 1 N–H and O–H groups in total. The molecule has 0 saturated carbocycles. The maximum atomic E-state index is 13.0. The fraction of sp³-hybridized carbons (Fsp3) is 0.350. The summed E-state index contributed by atoms with van der Waals surface area (Å²) in [5.74, 6) is 0.454.